The van der Waals surface area contributed by atoms with E-state index < -0.39 is 0 Å². The van der Waals surface area contributed by atoms with Crippen molar-refractivity contribution in [3.63, 3.8) is 0 Å². The lowest BCUT2D eigenvalue weighted by atomic mass is 10.1. The lowest BCUT2D eigenvalue weighted by Gasteiger charge is -1.97. The van der Waals surface area contributed by atoms with Gasteiger partial charge in [0.15, 0.2) is 12.6 Å². The van der Waals surface area contributed by atoms with E-state index in [1.807, 2.05) is 17.5 Å². The largest absolute Gasteiger partial charge is 0.298 e. The summed E-state index contributed by atoms with van der Waals surface area (Å²) in [5.74, 6) is 0. The molecule has 0 saturated carbocycles. The average Bonchev–Trinajstić information content (AvgIpc) is 2.63. The fourth-order valence-corrected chi connectivity index (χ4v) is 2.12. The Bertz CT molecular complexity index is 471. The van der Waals surface area contributed by atoms with Gasteiger partial charge >= 0.3 is 0 Å². The van der Waals surface area contributed by atoms with Crippen LogP contribution in [0.25, 0.3) is 10.1 Å². The molecule has 64 valence electrons. The highest BCUT2D eigenvalue weighted by Crippen LogP contribution is 2.25. The summed E-state index contributed by atoms with van der Waals surface area (Å²) in [6, 6.07) is 5.39. The molecule has 2 nitrogen and oxygen atoms in total. The van der Waals surface area contributed by atoms with Gasteiger partial charge in [0.2, 0.25) is 0 Å². The highest BCUT2D eigenvalue weighted by atomic mass is 32.1. The summed E-state index contributed by atoms with van der Waals surface area (Å²) in [5, 5.41) is 2.77. The van der Waals surface area contributed by atoms with Crippen LogP contribution in [0.5, 0.6) is 0 Å². The summed E-state index contributed by atoms with van der Waals surface area (Å²) in [6.45, 7) is 0. The summed E-state index contributed by atoms with van der Waals surface area (Å²) >= 11 is 1.56. The molecule has 1 aromatic heterocycles. The van der Waals surface area contributed by atoms with Crippen molar-refractivity contribution in [3.8, 4) is 0 Å². The summed E-state index contributed by atoms with van der Waals surface area (Å²) < 4.78 is 1.03. The number of hydrogen-bond donors (Lipinski definition) is 0. The van der Waals surface area contributed by atoms with Crippen molar-refractivity contribution in [2.24, 2.45) is 0 Å². The minimum Gasteiger partial charge on any atom is -0.298 e. The van der Waals surface area contributed by atoms with Crippen LogP contribution < -0.4 is 0 Å². The third kappa shape index (κ3) is 1.17. The lowest BCUT2D eigenvalue weighted by Crippen LogP contribution is -1.89. The molecule has 0 amide bonds. The summed E-state index contributed by atoms with van der Waals surface area (Å²) in [5.41, 5.74) is 0.953. The summed E-state index contributed by atoms with van der Waals surface area (Å²) in [7, 11) is 0. The van der Waals surface area contributed by atoms with Crippen molar-refractivity contribution in [1.29, 1.82) is 0 Å². The Morgan fingerprint density at radius 3 is 2.62 bits per heavy atom. The van der Waals surface area contributed by atoms with Crippen LogP contribution >= 0.6 is 11.3 Å². The molecule has 0 unspecified atom stereocenters. The Hall–Kier alpha value is -1.48. The molecule has 0 aliphatic heterocycles. The highest BCUT2D eigenvalue weighted by molar-refractivity contribution is 7.17. The Balaban J connectivity index is 2.89. The van der Waals surface area contributed by atoms with Gasteiger partial charge in [-0.1, -0.05) is 0 Å². The minimum absolute atomic E-state index is 0.459. The SMILES string of the molecule is O=Cc1ccc2sccc2c1C=O. The molecule has 1 aromatic carbocycles. The molecule has 2 rings (SSSR count). The predicted molar refractivity (Wildman–Crippen MR) is 52.6 cm³/mol. The molecule has 1 heterocycles. The van der Waals surface area contributed by atoms with E-state index in [-0.39, 0.29) is 0 Å². The number of benzene rings is 1. The molecule has 0 saturated heterocycles. The van der Waals surface area contributed by atoms with Crippen LogP contribution in [-0.2, 0) is 0 Å². The zero-order valence-electron chi connectivity index (χ0n) is 6.69. The Labute approximate surface area is 78.8 Å². The maximum Gasteiger partial charge on any atom is 0.151 e. The molecule has 2 aromatic rings. The van der Waals surface area contributed by atoms with E-state index in [2.05, 4.69) is 0 Å². The molecule has 0 bridgehead atoms. The van der Waals surface area contributed by atoms with Crippen LogP contribution in [0.15, 0.2) is 23.6 Å². The second-order valence-electron chi connectivity index (χ2n) is 2.64. The first-order chi connectivity index (χ1) is 6.36. The van der Waals surface area contributed by atoms with Gasteiger partial charge in [-0.3, -0.25) is 9.59 Å². The van der Waals surface area contributed by atoms with Crippen LogP contribution in [0.2, 0.25) is 0 Å². The van der Waals surface area contributed by atoms with Crippen molar-refractivity contribution in [2.45, 2.75) is 0 Å². The van der Waals surface area contributed by atoms with E-state index in [1.54, 1.807) is 17.4 Å². The van der Waals surface area contributed by atoms with Gasteiger partial charge in [-0.25, -0.2) is 0 Å². The molecule has 3 heteroatoms. The van der Waals surface area contributed by atoms with Crippen LogP contribution in [0, 0.1) is 0 Å². The number of carbonyl (C=O) groups is 2. The maximum atomic E-state index is 10.7. The van der Waals surface area contributed by atoms with Gasteiger partial charge < -0.3 is 0 Å². The molecular formula is C10H6O2S. The number of rotatable bonds is 2. The van der Waals surface area contributed by atoms with E-state index in [0.29, 0.717) is 17.4 Å². The average molecular weight is 190 g/mol. The Morgan fingerprint density at radius 2 is 1.92 bits per heavy atom. The fourth-order valence-electron chi connectivity index (χ4n) is 1.32. The van der Waals surface area contributed by atoms with Gasteiger partial charge in [0.05, 0.1) is 0 Å². The third-order valence-electron chi connectivity index (χ3n) is 1.96. The van der Waals surface area contributed by atoms with Gasteiger partial charge in [0.25, 0.3) is 0 Å². The first-order valence-electron chi connectivity index (χ1n) is 3.77. The molecule has 13 heavy (non-hydrogen) atoms. The van der Waals surface area contributed by atoms with Gasteiger partial charge in [-0.15, -0.1) is 11.3 Å². The van der Waals surface area contributed by atoms with Crippen LogP contribution in [-0.4, -0.2) is 12.6 Å². The first kappa shape index (κ1) is 8.13. The monoisotopic (exact) mass is 190 g/mol. The van der Waals surface area contributed by atoms with Crippen molar-refractivity contribution < 1.29 is 9.59 Å². The van der Waals surface area contributed by atoms with Crippen LogP contribution in [0.3, 0.4) is 0 Å². The predicted octanol–water partition coefficient (Wildman–Crippen LogP) is 2.53. The first-order valence-corrected chi connectivity index (χ1v) is 4.65. The number of hydrogen-bond acceptors (Lipinski definition) is 3. The zero-order chi connectivity index (χ0) is 9.26. The molecular weight excluding hydrogens is 184 g/mol. The van der Waals surface area contributed by atoms with E-state index in [0.717, 1.165) is 16.4 Å². The van der Waals surface area contributed by atoms with Gasteiger partial charge in [-0.2, -0.15) is 0 Å². The van der Waals surface area contributed by atoms with Gasteiger partial charge in [0.1, 0.15) is 0 Å². The molecule has 0 atom stereocenters. The highest BCUT2D eigenvalue weighted by Gasteiger charge is 2.06. The summed E-state index contributed by atoms with van der Waals surface area (Å²) in [6.07, 6.45) is 1.44. The molecule has 0 fully saturated rings. The van der Waals surface area contributed by atoms with Crippen molar-refractivity contribution in [3.05, 3.63) is 34.7 Å². The second-order valence-corrected chi connectivity index (χ2v) is 3.58. The normalized spacial score (nSPS) is 10.2. The number of fused-ring (bicyclic) bond motifs is 1. The van der Waals surface area contributed by atoms with Gasteiger partial charge in [0, 0.05) is 21.2 Å². The zero-order valence-corrected chi connectivity index (χ0v) is 7.51. The molecule has 0 radical (unpaired) electrons. The van der Waals surface area contributed by atoms with E-state index >= 15 is 0 Å². The molecule has 0 aliphatic rings. The fraction of sp³-hybridized carbons (Fsp3) is 0. The van der Waals surface area contributed by atoms with Gasteiger partial charge in [-0.05, 0) is 23.6 Å². The van der Waals surface area contributed by atoms with E-state index in [4.69, 9.17) is 0 Å². The van der Waals surface area contributed by atoms with E-state index in [1.165, 1.54) is 0 Å². The minimum atomic E-state index is 0.459. The topological polar surface area (TPSA) is 34.1 Å². The smallest absolute Gasteiger partial charge is 0.151 e. The number of thiophene rings is 1. The molecule has 0 N–H and O–H groups in total. The van der Waals surface area contributed by atoms with Crippen LogP contribution in [0.1, 0.15) is 20.7 Å². The molecule has 0 spiro atoms. The van der Waals surface area contributed by atoms with Crippen molar-refractivity contribution >= 4 is 34.0 Å². The second kappa shape index (κ2) is 3.11. The third-order valence-corrected chi connectivity index (χ3v) is 2.84. The summed E-state index contributed by atoms with van der Waals surface area (Å²) in [4.78, 5) is 21.3. The lowest BCUT2D eigenvalue weighted by molar-refractivity contribution is 0.109. The number of aldehydes is 2. The standard InChI is InChI=1S/C10H6O2S/c11-5-7-1-2-10-8(3-4-13-10)9(7)6-12/h1-6H. The quantitative estimate of drug-likeness (QED) is 0.682. The van der Waals surface area contributed by atoms with E-state index in [9.17, 15) is 9.59 Å². The maximum absolute atomic E-state index is 10.7. The molecule has 0 aliphatic carbocycles. The Morgan fingerprint density at radius 1 is 1.08 bits per heavy atom. The number of carbonyl (C=O) groups excluding carboxylic acids is 2. The van der Waals surface area contributed by atoms with Crippen molar-refractivity contribution in [2.75, 3.05) is 0 Å². The Kier molecular flexibility index (Phi) is 1.94. The van der Waals surface area contributed by atoms with Crippen LogP contribution in [0.4, 0.5) is 0 Å². The van der Waals surface area contributed by atoms with Crippen molar-refractivity contribution in [1.82, 2.24) is 0 Å².